The lowest BCUT2D eigenvalue weighted by Gasteiger charge is -2.37. The normalized spacial score (nSPS) is 15.2. The Morgan fingerprint density at radius 3 is 2.65 bits per heavy atom. The smallest absolute Gasteiger partial charge is 0.287 e. The van der Waals surface area contributed by atoms with Gasteiger partial charge in [-0.15, -0.1) is 0 Å². The molecule has 7 heteroatoms. The molecule has 1 N–H and O–H groups in total. The van der Waals surface area contributed by atoms with Crippen LogP contribution in [-0.2, 0) is 0 Å². The maximum atomic E-state index is 12.6. The molecule has 0 radical (unpaired) electrons. The quantitative estimate of drug-likeness (QED) is 0.653. The van der Waals surface area contributed by atoms with Crippen LogP contribution in [0, 0.1) is 10.1 Å². The summed E-state index contributed by atoms with van der Waals surface area (Å²) in [5.41, 5.74) is 0.352. The van der Waals surface area contributed by atoms with Crippen molar-refractivity contribution in [3.63, 3.8) is 0 Å². The summed E-state index contributed by atoms with van der Waals surface area (Å²) in [5, 5.41) is 14.0. The van der Waals surface area contributed by atoms with Gasteiger partial charge in [-0.1, -0.05) is 0 Å². The van der Waals surface area contributed by atoms with Gasteiger partial charge in [0.25, 0.3) is 11.6 Å². The number of rotatable bonds is 5. The molecule has 110 valence electrons. The van der Waals surface area contributed by atoms with E-state index in [0.717, 1.165) is 13.1 Å². The van der Waals surface area contributed by atoms with E-state index < -0.39 is 4.92 Å². The van der Waals surface area contributed by atoms with E-state index in [-0.39, 0.29) is 23.7 Å². The van der Waals surface area contributed by atoms with E-state index in [2.05, 4.69) is 5.32 Å². The summed E-state index contributed by atoms with van der Waals surface area (Å²) in [6.45, 7) is 7.90. The molecule has 1 amide bonds. The average molecular weight is 280 g/mol. The summed E-state index contributed by atoms with van der Waals surface area (Å²) >= 11 is 0. The van der Waals surface area contributed by atoms with E-state index >= 15 is 0 Å². The largest absolute Gasteiger partial charge is 0.335 e. The molecule has 1 saturated heterocycles. The maximum absolute atomic E-state index is 12.6. The molecule has 1 aromatic rings. The van der Waals surface area contributed by atoms with Crippen LogP contribution in [0.2, 0.25) is 0 Å². The van der Waals surface area contributed by atoms with Gasteiger partial charge in [0.05, 0.1) is 17.2 Å². The number of aromatic nitrogens is 1. The molecule has 20 heavy (non-hydrogen) atoms. The molecule has 1 aliphatic rings. The molecule has 7 nitrogen and oxygen atoms in total. The Labute approximate surface area is 117 Å². The second-order valence-corrected chi connectivity index (χ2v) is 5.24. The molecule has 2 heterocycles. The summed E-state index contributed by atoms with van der Waals surface area (Å²) in [5.74, 6) is -0.138. The third kappa shape index (κ3) is 2.53. The minimum Gasteiger partial charge on any atom is -0.335 e. The molecule has 0 aliphatic carbocycles. The van der Waals surface area contributed by atoms with E-state index in [1.54, 1.807) is 9.47 Å². The van der Waals surface area contributed by atoms with Gasteiger partial charge in [0, 0.05) is 31.7 Å². The predicted molar refractivity (Wildman–Crippen MR) is 74.8 cm³/mol. The van der Waals surface area contributed by atoms with Crippen LogP contribution in [0.3, 0.4) is 0 Å². The predicted octanol–water partition coefficient (Wildman–Crippen LogP) is 1.41. The Balaban J connectivity index is 2.34. The van der Waals surface area contributed by atoms with Crippen LogP contribution < -0.4 is 5.32 Å². The maximum Gasteiger partial charge on any atom is 0.287 e. The first kappa shape index (κ1) is 14.5. The van der Waals surface area contributed by atoms with E-state index in [4.69, 9.17) is 0 Å². The van der Waals surface area contributed by atoms with E-state index in [9.17, 15) is 14.9 Å². The highest BCUT2D eigenvalue weighted by Crippen LogP contribution is 2.23. The molecular weight excluding hydrogens is 260 g/mol. The highest BCUT2D eigenvalue weighted by atomic mass is 16.6. The molecule has 0 aromatic carbocycles. The fourth-order valence-electron chi connectivity index (χ4n) is 2.37. The van der Waals surface area contributed by atoms with Crippen LogP contribution in [0.15, 0.2) is 12.3 Å². The first-order valence-electron chi connectivity index (χ1n) is 6.83. The lowest BCUT2D eigenvalue weighted by molar-refractivity contribution is -0.384. The molecule has 0 unspecified atom stereocenters. The zero-order chi connectivity index (χ0) is 14.9. The van der Waals surface area contributed by atoms with Crippen molar-refractivity contribution in [3.8, 4) is 0 Å². The van der Waals surface area contributed by atoms with Crippen molar-refractivity contribution in [1.82, 2.24) is 14.8 Å². The molecule has 0 saturated carbocycles. The Bertz CT molecular complexity index is 520. The number of carbonyl (C=O) groups is 1. The summed E-state index contributed by atoms with van der Waals surface area (Å²) in [4.78, 5) is 24.8. The fraction of sp³-hybridized carbons (Fsp3) is 0.615. The van der Waals surface area contributed by atoms with Crippen molar-refractivity contribution >= 4 is 11.6 Å². The van der Waals surface area contributed by atoms with Gasteiger partial charge in [0.1, 0.15) is 5.69 Å². The highest BCUT2D eigenvalue weighted by Gasteiger charge is 2.31. The number of nitrogens with zero attached hydrogens (tertiary/aromatic N) is 3. The second-order valence-electron chi connectivity index (χ2n) is 5.24. The van der Waals surface area contributed by atoms with Gasteiger partial charge in [0.15, 0.2) is 0 Å². The average Bonchev–Trinajstić information content (AvgIpc) is 2.77. The van der Waals surface area contributed by atoms with E-state index in [1.807, 2.05) is 20.8 Å². The van der Waals surface area contributed by atoms with Crippen molar-refractivity contribution in [2.45, 2.75) is 32.9 Å². The van der Waals surface area contributed by atoms with Gasteiger partial charge in [-0.3, -0.25) is 14.9 Å². The minimum atomic E-state index is -0.461. The van der Waals surface area contributed by atoms with E-state index in [1.165, 1.54) is 12.3 Å². The standard InChI is InChI=1S/C13H20N4O3/c1-4-15(11-6-14-7-11)13(18)12-5-10(17(19)20)8-16(12)9(2)3/h5,8-9,11,14H,4,6-7H2,1-3H3. The number of carbonyl (C=O) groups excluding carboxylic acids is 1. The first-order valence-corrected chi connectivity index (χ1v) is 6.83. The molecule has 0 bridgehead atoms. The van der Waals surface area contributed by atoms with Crippen molar-refractivity contribution in [3.05, 3.63) is 28.1 Å². The SMILES string of the molecule is CCN(C(=O)c1cc([N+](=O)[O-])cn1C(C)C)C1CNC1. The molecule has 2 rings (SSSR count). The summed E-state index contributed by atoms with van der Waals surface area (Å²) in [6.07, 6.45) is 1.44. The van der Waals surface area contributed by atoms with Gasteiger partial charge < -0.3 is 14.8 Å². The van der Waals surface area contributed by atoms with Crippen molar-refractivity contribution < 1.29 is 9.72 Å². The molecular formula is C13H20N4O3. The van der Waals surface area contributed by atoms with Crippen LogP contribution in [0.1, 0.15) is 37.3 Å². The summed E-state index contributed by atoms with van der Waals surface area (Å²) in [6, 6.07) is 1.56. The Morgan fingerprint density at radius 1 is 1.60 bits per heavy atom. The van der Waals surface area contributed by atoms with Gasteiger partial charge >= 0.3 is 0 Å². The molecule has 1 aromatic heterocycles. The number of hydrogen-bond acceptors (Lipinski definition) is 4. The Morgan fingerprint density at radius 2 is 2.25 bits per heavy atom. The molecule has 0 spiro atoms. The van der Waals surface area contributed by atoms with Gasteiger partial charge in [-0.25, -0.2) is 0 Å². The second kappa shape index (κ2) is 5.62. The van der Waals surface area contributed by atoms with Crippen molar-refractivity contribution in [2.75, 3.05) is 19.6 Å². The Kier molecular flexibility index (Phi) is 4.08. The summed E-state index contributed by atoms with van der Waals surface area (Å²) < 4.78 is 1.68. The van der Waals surface area contributed by atoms with Crippen molar-refractivity contribution in [1.29, 1.82) is 0 Å². The molecule has 1 fully saturated rings. The van der Waals surface area contributed by atoms with Crippen LogP contribution >= 0.6 is 0 Å². The van der Waals surface area contributed by atoms with Gasteiger partial charge in [0.2, 0.25) is 0 Å². The van der Waals surface area contributed by atoms with Crippen LogP contribution in [0.25, 0.3) is 0 Å². The third-order valence-electron chi connectivity index (χ3n) is 3.62. The van der Waals surface area contributed by atoms with Gasteiger partial charge in [-0.05, 0) is 20.8 Å². The first-order chi connectivity index (χ1) is 9.45. The third-order valence-corrected chi connectivity index (χ3v) is 3.62. The summed E-state index contributed by atoms with van der Waals surface area (Å²) in [7, 11) is 0. The Hall–Kier alpha value is -1.89. The van der Waals surface area contributed by atoms with Crippen LogP contribution in [-0.4, -0.2) is 46.0 Å². The monoisotopic (exact) mass is 280 g/mol. The number of hydrogen-bond donors (Lipinski definition) is 1. The number of amides is 1. The minimum absolute atomic E-state index is 0.000807. The van der Waals surface area contributed by atoms with Gasteiger partial charge in [-0.2, -0.15) is 0 Å². The molecule has 1 aliphatic heterocycles. The molecule has 0 atom stereocenters. The zero-order valence-corrected chi connectivity index (χ0v) is 12.0. The van der Waals surface area contributed by atoms with E-state index in [0.29, 0.717) is 12.2 Å². The number of nitrogens with one attached hydrogen (secondary N) is 1. The fourth-order valence-corrected chi connectivity index (χ4v) is 2.37. The lowest BCUT2D eigenvalue weighted by Crippen LogP contribution is -2.59. The number of likely N-dealkylation sites (N-methyl/N-ethyl adjacent to an activating group) is 1. The van der Waals surface area contributed by atoms with Crippen molar-refractivity contribution in [2.24, 2.45) is 0 Å². The van der Waals surface area contributed by atoms with Crippen LogP contribution in [0.5, 0.6) is 0 Å². The topological polar surface area (TPSA) is 80.4 Å². The highest BCUT2D eigenvalue weighted by molar-refractivity contribution is 5.94. The lowest BCUT2D eigenvalue weighted by atomic mass is 10.1. The zero-order valence-electron chi connectivity index (χ0n) is 12.0. The number of nitro groups is 1. The van der Waals surface area contributed by atoms with Crippen LogP contribution in [0.4, 0.5) is 5.69 Å².